The molecule has 0 aliphatic carbocycles. The van der Waals surface area contributed by atoms with Crippen molar-refractivity contribution < 1.29 is 23.9 Å². The molecule has 0 spiro atoms. The largest absolute Gasteiger partial charge is 0.443 e. The fourth-order valence-electron chi connectivity index (χ4n) is 5.84. The zero-order valence-corrected chi connectivity index (χ0v) is 24.2. The summed E-state index contributed by atoms with van der Waals surface area (Å²) >= 11 is 0. The Morgan fingerprint density at radius 1 is 0.902 bits per heavy atom. The van der Waals surface area contributed by atoms with Crippen LogP contribution in [0.5, 0.6) is 0 Å². The molecule has 0 unspecified atom stereocenters. The summed E-state index contributed by atoms with van der Waals surface area (Å²) in [7, 11) is 0. The quantitative estimate of drug-likeness (QED) is 0.251. The average Bonchev–Trinajstić information content (AvgIpc) is 3.48. The summed E-state index contributed by atoms with van der Waals surface area (Å²) in [5.41, 5.74) is 1.37. The zero-order chi connectivity index (χ0) is 29.4. The Balaban J connectivity index is 1.48. The first-order chi connectivity index (χ1) is 19.5. The lowest BCUT2D eigenvalue weighted by atomic mass is 9.75. The predicted molar refractivity (Wildman–Crippen MR) is 158 cm³/mol. The van der Waals surface area contributed by atoms with Gasteiger partial charge in [-0.05, 0) is 44.7 Å². The SMILES string of the molecule is CC(C)[C@@H]1N(C(=O)CCc2cn(C(=O)OC(C)(C)C)c3ccccc23)C(=O)OC1(c1ccccc1)c1ccccc1. The van der Waals surface area contributed by atoms with Crippen LogP contribution in [0.2, 0.25) is 0 Å². The summed E-state index contributed by atoms with van der Waals surface area (Å²) in [5.74, 6) is -0.420. The van der Waals surface area contributed by atoms with E-state index in [1.54, 1.807) is 6.20 Å². The number of fused-ring (bicyclic) bond motifs is 1. The number of ether oxygens (including phenoxy) is 2. The lowest BCUT2D eigenvalue weighted by molar-refractivity contribution is -0.130. The van der Waals surface area contributed by atoms with E-state index in [0.29, 0.717) is 11.9 Å². The highest BCUT2D eigenvalue weighted by Crippen LogP contribution is 2.47. The normalized spacial score (nSPS) is 16.7. The number of amides is 2. The van der Waals surface area contributed by atoms with Crippen LogP contribution in [0.15, 0.2) is 91.1 Å². The highest BCUT2D eigenvalue weighted by Gasteiger charge is 2.59. The maximum atomic E-state index is 13.9. The number of para-hydroxylation sites is 1. The fraction of sp³-hybridized carbons (Fsp3) is 0.324. The summed E-state index contributed by atoms with van der Waals surface area (Å²) < 4.78 is 13.3. The number of aromatic nitrogens is 1. The summed E-state index contributed by atoms with van der Waals surface area (Å²) in [5, 5.41) is 0.860. The molecule has 1 aliphatic heterocycles. The molecule has 1 aliphatic rings. The summed E-state index contributed by atoms with van der Waals surface area (Å²) in [4.78, 5) is 41.7. The standard InChI is InChI=1S/C34H36N2O5/c1-23(2)30-34(25-14-8-6-9-15-25,26-16-10-7-11-17-26)41-32(39)36(30)29(37)21-20-24-22-35(31(38)40-33(3,4)5)28-19-13-12-18-27(24)28/h6-19,22-23,30H,20-21H2,1-5H3/t30-/m0/s1. The first-order valence-corrected chi connectivity index (χ1v) is 14.0. The molecule has 3 aromatic carbocycles. The van der Waals surface area contributed by atoms with E-state index in [-0.39, 0.29) is 18.2 Å². The van der Waals surface area contributed by atoms with Gasteiger partial charge in [-0.15, -0.1) is 0 Å². The van der Waals surface area contributed by atoms with Crippen molar-refractivity contribution in [3.8, 4) is 0 Å². The van der Waals surface area contributed by atoms with Crippen LogP contribution in [0.4, 0.5) is 9.59 Å². The fourth-order valence-corrected chi connectivity index (χ4v) is 5.84. The molecular formula is C34H36N2O5. The number of hydrogen-bond donors (Lipinski definition) is 0. The van der Waals surface area contributed by atoms with Gasteiger partial charge in [-0.1, -0.05) is 92.7 Å². The van der Waals surface area contributed by atoms with Crippen LogP contribution in [-0.4, -0.2) is 39.2 Å². The van der Waals surface area contributed by atoms with Crippen molar-refractivity contribution >= 4 is 29.0 Å². The van der Waals surface area contributed by atoms with Gasteiger partial charge in [0.1, 0.15) is 5.60 Å². The van der Waals surface area contributed by atoms with Crippen molar-refractivity contribution in [1.82, 2.24) is 9.47 Å². The maximum absolute atomic E-state index is 13.9. The summed E-state index contributed by atoms with van der Waals surface area (Å²) in [6, 6.07) is 26.2. The topological polar surface area (TPSA) is 77.8 Å². The minimum Gasteiger partial charge on any atom is -0.443 e. The third-order valence-electron chi connectivity index (χ3n) is 7.44. The Labute approximate surface area is 240 Å². The van der Waals surface area contributed by atoms with Gasteiger partial charge in [0.2, 0.25) is 5.91 Å². The van der Waals surface area contributed by atoms with Crippen molar-refractivity contribution in [2.45, 2.75) is 64.7 Å². The van der Waals surface area contributed by atoms with E-state index in [1.807, 2.05) is 120 Å². The average molecular weight is 553 g/mol. The van der Waals surface area contributed by atoms with Gasteiger partial charge in [0.05, 0.1) is 11.6 Å². The first kappa shape index (κ1) is 28.1. The zero-order valence-electron chi connectivity index (χ0n) is 24.2. The molecule has 41 heavy (non-hydrogen) atoms. The van der Waals surface area contributed by atoms with Crippen molar-refractivity contribution in [2.24, 2.45) is 5.92 Å². The van der Waals surface area contributed by atoms with Gasteiger partial charge in [-0.2, -0.15) is 0 Å². The second kappa shape index (κ2) is 10.9. The van der Waals surface area contributed by atoms with Gasteiger partial charge < -0.3 is 9.47 Å². The number of carbonyl (C=O) groups is 3. The molecular weight excluding hydrogens is 516 g/mol. The van der Waals surface area contributed by atoms with Crippen molar-refractivity contribution in [3.05, 3.63) is 108 Å². The predicted octanol–water partition coefficient (Wildman–Crippen LogP) is 7.30. The molecule has 0 radical (unpaired) electrons. The maximum Gasteiger partial charge on any atom is 0.419 e. The van der Waals surface area contributed by atoms with Crippen LogP contribution in [0, 0.1) is 5.92 Å². The van der Waals surface area contributed by atoms with E-state index in [4.69, 9.17) is 9.47 Å². The number of rotatable bonds is 6. The summed E-state index contributed by atoms with van der Waals surface area (Å²) in [6.45, 7) is 9.47. The number of cyclic esters (lactones) is 1. The molecule has 7 nitrogen and oxygen atoms in total. The Morgan fingerprint density at radius 2 is 1.46 bits per heavy atom. The first-order valence-electron chi connectivity index (χ1n) is 14.0. The van der Waals surface area contributed by atoms with Crippen LogP contribution in [0.1, 0.15) is 57.7 Å². The van der Waals surface area contributed by atoms with Crippen LogP contribution in [-0.2, 0) is 26.3 Å². The van der Waals surface area contributed by atoms with Gasteiger partial charge >= 0.3 is 12.2 Å². The molecule has 1 fully saturated rings. The monoisotopic (exact) mass is 552 g/mol. The molecule has 1 aromatic heterocycles. The third kappa shape index (κ3) is 5.24. The molecule has 4 aromatic rings. The van der Waals surface area contributed by atoms with E-state index in [1.165, 1.54) is 9.47 Å². The smallest absolute Gasteiger partial charge is 0.419 e. The van der Waals surface area contributed by atoms with Gasteiger partial charge in [-0.3, -0.25) is 9.36 Å². The summed E-state index contributed by atoms with van der Waals surface area (Å²) in [6.07, 6.45) is 1.00. The van der Waals surface area contributed by atoms with E-state index >= 15 is 0 Å². The molecule has 0 bridgehead atoms. The molecule has 2 amide bonds. The molecule has 212 valence electrons. The number of hydrogen-bond acceptors (Lipinski definition) is 5. The minimum absolute atomic E-state index is 0.0697. The van der Waals surface area contributed by atoms with E-state index in [0.717, 1.165) is 22.1 Å². The van der Waals surface area contributed by atoms with Crippen molar-refractivity contribution in [3.63, 3.8) is 0 Å². The highest BCUT2D eigenvalue weighted by molar-refractivity contribution is 5.96. The third-order valence-corrected chi connectivity index (χ3v) is 7.44. The number of benzene rings is 3. The van der Waals surface area contributed by atoms with Gasteiger partial charge in [0, 0.05) is 29.1 Å². The molecule has 2 heterocycles. The van der Waals surface area contributed by atoms with Crippen LogP contribution in [0.25, 0.3) is 10.9 Å². The second-order valence-corrected chi connectivity index (χ2v) is 11.8. The van der Waals surface area contributed by atoms with Gasteiger partial charge in [0.25, 0.3) is 0 Å². The number of carbonyl (C=O) groups excluding carboxylic acids is 3. The van der Waals surface area contributed by atoms with Gasteiger partial charge in [-0.25, -0.2) is 14.5 Å². The molecule has 1 atom stereocenters. The lowest BCUT2D eigenvalue weighted by Crippen LogP contribution is -2.49. The molecule has 5 rings (SSSR count). The minimum atomic E-state index is -1.14. The van der Waals surface area contributed by atoms with Crippen LogP contribution in [0.3, 0.4) is 0 Å². The highest BCUT2D eigenvalue weighted by atomic mass is 16.6. The Bertz CT molecular complexity index is 1530. The van der Waals surface area contributed by atoms with E-state index in [2.05, 4.69) is 0 Å². The Hall–Kier alpha value is -4.39. The Kier molecular flexibility index (Phi) is 7.47. The number of imide groups is 1. The lowest BCUT2D eigenvalue weighted by Gasteiger charge is -2.37. The number of aryl methyl sites for hydroxylation is 1. The van der Waals surface area contributed by atoms with Crippen molar-refractivity contribution in [2.75, 3.05) is 0 Å². The molecule has 7 heteroatoms. The Morgan fingerprint density at radius 3 is 2.02 bits per heavy atom. The van der Waals surface area contributed by atoms with Gasteiger partial charge in [0.15, 0.2) is 5.60 Å². The van der Waals surface area contributed by atoms with Crippen LogP contribution < -0.4 is 0 Å². The number of nitrogens with zero attached hydrogens (tertiary/aromatic N) is 2. The van der Waals surface area contributed by atoms with Crippen molar-refractivity contribution in [1.29, 1.82) is 0 Å². The molecule has 0 N–H and O–H groups in total. The molecule has 1 saturated heterocycles. The second-order valence-electron chi connectivity index (χ2n) is 11.8. The van der Waals surface area contributed by atoms with Crippen LogP contribution >= 0.6 is 0 Å². The van der Waals surface area contributed by atoms with E-state index in [9.17, 15) is 14.4 Å². The van der Waals surface area contributed by atoms with E-state index < -0.39 is 29.4 Å². The molecule has 0 saturated carbocycles.